The van der Waals surface area contributed by atoms with Crippen molar-refractivity contribution in [1.29, 1.82) is 0 Å². The van der Waals surface area contributed by atoms with Crippen LogP contribution in [0.25, 0.3) is 11.8 Å². The van der Waals surface area contributed by atoms with E-state index in [4.69, 9.17) is 9.26 Å². The standard InChI is InChI=1S/C22H25FN4O3/c1-13-18(14(2)27(25-13)17-9-7-16(23)8-10-17)11-12-19(28)29-15(3)20-24-21(26-30-20)22(4,5)6/h7-12,15H,1-6H3/b12-11+. The normalized spacial score (nSPS) is 13.0. The molecule has 0 aliphatic heterocycles. The van der Waals surface area contributed by atoms with Crippen molar-refractivity contribution in [2.75, 3.05) is 0 Å². The van der Waals surface area contributed by atoms with Crippen molar-refractivity contribution in [3.8, 4) is 5.69 Å². The van der Waals surface area contributed by atoms with Crippen LogP contribution in [0, 0.1) is 19.7 Å². The number of nitrogens with zero attached hydrogens (tertiary/aromatic N) is 4. The molecule has 0 saturated heterocycles. The number of hydrogen-bond acceptors (Lipinski definition) is 6. The van der Waals surface area contributed by atoms with Gasteiger partial charge in [0.15, 0.2) is 11.9 Å². The van der Waals surface area contributed by atoms with Crippen molar-refractivity contribution in [2.24, 2.45) is 0 Å². The van der Waals surface area contributed by atoms with E-state index >= 15 is 0 Å². The minimum absolute atomic E-state index is 0.248. The maximum Gasteiger partial charge on any atom is 0.331 e. The van der Waals surface area contributed by atoms with Gasteiger partial charge in [0, 0.05) is 22.7 Å². The molecule has 0 N–H and O–H groups in total. The Hall–Kier alpha value is -3.29. The van der Waals surface area contributed by atoms with Crippen LogP contribution in [0.1, 0.15) is 62.5 Å². The first kappa shape index (κ1) is 21.4. The third-order valence-electron chi connectivity index (χ3n) is 4.56. The van der Waals surface area contributed by atoms with Crippen molar-refractivity contribution in [3.05, 3.63) is 64.8 Å². The Balaban J connectivity index is 1.72. The first-order valence-electron chi connectivity index (χ1n) is 9.61. The summed E-state index contributed by atoms with van der Waals surface area (Å²) in [4.78, 5) is 16.6. The molecule has 3 aromatic rings. The lowest BCUT2D eigenvalue weighted by Crippen LogP contribution is -2.14. The second kappa shape index (κ2) is 8.22. The highest BCUT2D eigenvalue weighted by atomic mass is 19.1. The molecule has 0 bridgehead atoms. The van der Waals surface area contributed by atoms with E-state index in [1.165, 1.54) is 18.2 Å². The Morgan fingerprint density at radius 2 is 1.90 bits per heavy atom. The zero-order valence-electron chi connectivity index (χ0n) is 17.9. The van der Waals surface area contributed by atoms with Crippen molar-refractivity contribution < 1.29 is 18.4 Å². The number of benzene rings is 1. The van der Waals surface area contributed by atoms with Gasteiger partial charge in [-0.1, -0.05) is 25.9 Å². The third kappa shape index (κ3) is 4.64. The molecule has 1 unspecified atom stereocenters. The Bertz CT molecular complexity index is 1070. The molecule has 0 fully saturated rings. The Kier molecular flexibility index (Phi) is 5.87. The van der Waals surface area contributed by atoms with Crippen LogP contribution in [0.5, 0.6) is 0 Å². The summed E-state index contributed by atoms with van der Waals surface area (Å²) in [5.74, 6) is -0.0481. The first-order chi connectivity index (χ1) is 14.1. The largest absolute Gasteiger partial charge is 0.449 e. The van der Waals surface area contributed by atoms with Crippen LogP contribution in [0.2, 0.25) is 0 Å². The molecule has 3 rings (SSSR count). The number of ether oxygens (including phenoxy) is 1. The molecule has 2 heterocycles. The van der Waals surface area contributed by atoms with Gasteiger partial charge in [-0.2, -0.15) is 10.1 Å². The van der Waals surface area contributed by atoms with Crippen LogP contribution in [-0.4, -0.2) is 25.9 Å². The van der Waals surface area contributed by atoms with Crippen molar-refractivity contribution in [2.45, 2.75) is 53.1 Å². The molecule has 0 saturated carbocycles. The van der Waals surface area contributed by atoms with Crippen LogP contribution >= 0.6 is 0 Å². The van der Waals surface area contributed by atoms with Gasteiger partial charge in [0.05, 0.1) is 11.4 Å². The highest BCUT2D eigenvalue weighted by Crippen LogP contribution is 2.23. The minimum Gasteiger partial charge on any atom is -0.449 e. The van der Waals surface area contributed by atoms with E-state index in [0.29, 0.717) is 5.82 Å². The lowest BCUT2D eigenvalue weighted by molar-refractivity contribution is -0.143. The molecule has 158 valence electrons. The predicted octanol–water partition coefficient (Wildman–Crippen LogP) is 4.63. The van der Waals surface area contributed by atoms with E-state index in [-0.39, 0.29) is 17.1 Å². The summed E-state index contributed by atoms with van der Waals surface area (Å²) in [6, 6.07) is 6.05. The Labute approximate surface area is 174 Å². The van der Waals surface area contributed by atoms with E-state index in [1.807, 2.05) is 34.6 Å². The first-order valence-corrected chi connectivity index (χ1v) is 9.61. The second-order valence-corrected chi connectivity index (χ2v) is 8.09. The van der Waals surface area contributed by atoms with Gasteiger partial charge in [-0.25, -0.2) is 13.9 Å². The molecule has 0 aliphatic carbocycles. The number of aromatic nitrogens is 4. The highest BCUT2D eigenvalue weighted by Gasteiger charge is 2.24. The summed E-state index contributed by atoms with van der Waals surface area (Å²) in [5.41, 5.74) is 2.82. The quantitative estimate of drug-likeness (QED) is 0.449. The van der Waals surface area contributed by atoms with E-state index < -0.39 is 12.1 Å². The van der Waals surface area contributed by atoms with E-state index in [1.54, 1.807) is 29.8 Å². The maximum absolute atomic E-state index is 13.2. The number of aryl methyl sites for hydroxylation is 1. The van der Waals surface area contributed by atoms with E-state index in [9.17, 15) is 9.18 Å². The summed E-state index contributed by atoms with van der Waals surface area (Å²) < 4.78 is 25.5. The zero-order chi connectivity index (χ0) is 22.1. The van der Waals surface area contributed by atoms with Crippen molar-refractivity contribution in [3.63, 3.8) is 0 Å². The highest BCUT2D eigenvalue weighted by molar-refractivity contribution is 5.87. The number of esters is 1. The fraction of sp³-hybridized carbons (Fsp3) is 0.364. The molecule has 1 aromatic carbocycles. The van der Waals surface area contributed by atoms with Crippen LogP contribution < -0.4 is 0 Å². The van der Waals surface area contributed by atoms with Crippen LogP contribution in [-0.2, 0) is 14.9 Å². The number of hydrogen-bond donors (Lipinski definition) is 0. The summed E-state index contributed by atoms with van der Waals surface area (Å²) in [7, 11) is 0. The molecule has 0 spiro atoms. The third-order valence-corrected chi connectivity index (χ3v) is 4.56. The number of carbonyl (C=O) groups is 1. The summed E-state index contributed by atoms with van der Waals surface area (Å²) >= 11 is 0. The zero-order valence-corrected chi connectivity index (χ0v) is 17.9. The maximum atomic E-state index is 13.2. The number of carbonyl (C=O) groups excluding carboxylic acids is 1. The monoisotopic (exact) mass is 412 g/mol. The molecule has 0 amide bonds. The van der Waals surface area contributed by atoms with Crippen molar-refractivity contribution >= 4 is 12.0 Å². The molecular weight excluding hydrogens is 387 g/mol. The van der Waals surface area contributed by atoms with Crippen LogP contribution in [0.15, 0.2) is 34.9 Å². The summed E-state index contributed by atoms with van der Waals surface area (Å²) in [5, 5.41) is 8.42. The van der Waals surface area contributed by atoms with Gasteiger partial charge in [0.25, 0.3) is 5.89 Å². The van der Waals surface area contributed by atoms with Gasteiger partial charge in [-0.05, 0) is 51.1 Å². The van der Waals surface area contributed by atoms with Gasteiger partial charge in [0.2, 0.25) is 0 Å². The lowest BCUT2D eigenvalue weighted by Gasteiger charge is -2.11. The van der Waals surface area contributed by atoms with Gasteiger partial charge in [0.1, 0.15) is 5.82 Å². The topological polar surface area (TPSA) is 83.0 Å². The number of halogens is 1. The average Bonchev–Trinajstić information content (AvgIpc) is 3.27. The molecule has 1 atom stereocenters. The van der Waals surface area contributed by atoms with E-state index in [0.717, 1.165) is 22.6 Å². The molecule has 30 heavy (non-hydrogen) atoms. The summed E-state index contributed by atoms with van der Waals surface area (Å²) in [6.45, 7) is 11.3. The van der Waals surface area contributed by atoms with E-state index in [2.05, 4.69) is 15.2 Å². The molecule has 8 heteroatoms. The molecular formula is C22H25FN4O3. The molecule has 0 aliphatic rings. The number of rotatable bonds is 5. The average molecular weight is 412 g/mol. The van der Waals surface area contributed by atoms with Gasteiger partial charge < -0.3 is 9.26 Å². The SMILES string of the molecule is Cc1nn(-c2ccc(F)cc2)c(C)c1/C=C/C(=O)OC(C)c1nc(C(C)(C)C)no1. The Morgan fingerprint density at radius 1 is 1.23 bits per heavy atom. The molecule has 0 radical (unpaired) electrons. The fourth-order valence-electron chi connectivity index (χ4n) is 2.85. The van der Waals surface area contributed by atoms with Crippen LogP contribution in [0.3, 0.4) is 0 Å². The predicted molar refractivity (Wildman–Crippen MR) is 110 cm³/mol. The van der Waals surface area contributed by atoms with Gasteiger partial charge >= 0.3 is 5.97 Å². The fourth-order valence-corrected chi connectivity index (χ4v) is 2.85. The van der Waals surface area contributed by atoms with Crippen molar-refractivity contribution in [1.82, 2.24) is 19.9 Å². The minimum atomic E-state index is -0.671. The van der Waals surface area contributed by atoms with Gasteiger partial charge in [-0.3, -0.25) is 0 Å². The van der Waals surface area contributed by atoms with Gasteiger partial charge in [-0.15, -0.1) is 0 Å². The lowest BCUT2D eigenvalue weighted by atomic mass is 9.96. The second-order valence-electron chi connectivity index (χ2n) is 8.09. The smallest absolute Gasteiger partial charge is 0.331 e. The molecule has 2 aromatic heterocycles. The van der Waals surface area contributed by atoms with Crippen LogP contribution in [0.4, 0.5) is 4.39 Å². The molecule has 7 nitrogen and oxygen atoms in total. The Morgan fingerprint density at radius 3 is 2.50 bits per heavy atom. The summed E-state index contributed by atoms with van der Waals surface area (Å²) in [6.07, 6.45) is 2.32.